The van der Waals surface area contributed by atoms with Gasteiger partial charge in [-0.05, 0) is 28.5 Å². The molecule has 16 heavy (non-hydrogen) atoms. The fourth-order valence-electron chi connectivity index (χ4n) is 2.25. The lowest BCUT2D eigenvalue weighted by atomic mass is 9.88. The lowest BCUT2D eigenvalue weighted by Crippen LogP contribution is -2.37. The Morgan fingerprint density at radius 1 is 1.12 bits per heavy atom. The van der Waals surface area contributed by atoms with Gasteiger partial charge in [0.15, 0.2) is 0 Å². The zero-order chi connectivity index (χ0) is 11.2. The van der Waals surface area contributed by atoms with Crippen molar-refractivity contribution in [3.05, 3.63) is 53.6 Å². The fourth-order valence-corrected chi connectivity index (χ4v) is 2.25. The topological polar surface area (TPSA) is 46.2 Å². The van der Waals surface area contributed by atoms with Gasteiger partial charge in [-0.1, -0.05) is 36.4 Å². The van der Waals surface area contributed by atoms with Gasteiger partial charge in [-0.3, -0.25) is 5.73 Å². The molecule has 1 aliphatic rings. The normalized spacial score (nSPS) is 23.4. The van der Waals surface area contributed by atoms with Crippen LogP contribution in [0.4, 0.5) is 0 Å². The van der Waals surface area contributed by atoms with E-state index in [0.29, 0.717) is 6.42 Å². The maximum absolute atomic E-state index is 10.1. The highest BCUT2D eigenvalue weighted by molar-refractivity contribution is 5.86. The van der Waals surface area contributed by atoms with Gasteiger partial charge in [-0.25, -0.2) is 0 Å². The summed E-state index contributed by atoms with van der Waals surface area (Å²) in [5.74, 6) is 0. The Morgan fingerprint density at radius 2 is 1.81 bits per heavy atom. The average Bonchev–Trinajstić information content (AvgIpc) is 2.27. The van der Waals surface area contributed by atoms with Crippen LogP contribution in [-0.4, -0.2) is 5.11 Å². The molecule has 0 bridgehead atoms. The van der Waals surface area contributed by atoms with Crippen molar-refractivity contribution in [2.24, 2.45) is 5.73 Å². The molecule has 0 saturated carbocycles. The van der Waals surface area contributed by atoms with E-state index in [-0.39, 0.29) is 0 Å². The van der Waals surface area contributed by atoms with Crippen LogP contribution in [0.15, 0.2) is 42.5 Å². The largest absolute Gasteiger partial charge is 0.371 e. The first-order valence-corrected chi connectivity index (χ1v) is 5.38. The molecule has 2 aromatic carbocycles. The van der Waals surface area contributed by atoms with E-state index in [4.69, 9.17) is 5.73 Å². The molecule has 2 aromatic rings. The van der Waals surface area contributed by atoms with Crippen LogP contribution in [0.5, 0.6) is 0 Å². The molecule has 1 atom stereocenters. The van der Waals surface area contributed by atoms with Crippen LogP contribution in [0, 0.1) is 0 Å². The molecule has 3 rings (SSSR count). The van der Waals surface area contributed by atoms with Gasteiger partial charge in [0.1, 0.15) is 5.72 Å². The van der Waals surface area contributed by atoms with Gasteiger partial charge in [-0.2, -0.15) is 0 Å². The summed E-state index contributed by atoms with van der Waals surface area (Å²) in [6.07, 6.45) is 4.40. The van der Waals surface area contributed by atoms with Crippen molar-refractivity contribution in [1.29, 1.82) is 0 Å². The Hall–Kier alpha value is -1.64. The molecule has 0 aliphatic heterocycles. The summed E-state index contributed by atoms with van der Waals surface area (Å²) in [4.78, 5) is 0. The summed E-state index contributed by atoms with van der Waals surface area (Å²) in [6, 6.07) is 12.1. The Balaban J connectivity index is 2.35. The summed E-state index contributed by atoms with van der Waals surface area (Å²) in [7, 11) is 0. The smallest absolute Gasteiger partial charge is 0.143 e. The zero-order valence-corrected chi connectivity index (χ0v) is 8.85. The molecule has 0 saturated heterocycles. The molecule has 0 radical (unpaired) electrons. The molecular weight excluding hydrogens is 198 g/mol. The van der Waals surface area contributed by atoms with Crippen molar-refractivity contribution >= 4 is 16.8 Å². The van der Waals surface area contributed by atoms with E-state index in [2.05, 4.69) is 12.1 Å². The van der Waals surface area contributed by atoms with Crippen LogP contribution < -0.4 is 5.73 Å². The van der Waals surface area contributed by atoms with Crippen LogP contribution in [0.1, 0.15) is 17.5 Å². The van der Waals surface area contributed by atoms with Crippen molar-refractivity contribution in [3.63, 3.8) is 0 Å². The van der Waals surface area contributed by atoms with Gasteiger partial charge < -0.3 is 5.11 Å². The first-order valence-electron chi connectivity index (χ1n) is 5.38. The Bertz CT molecular complexity index is 584. The van der Waals surface area contributed by atoms with Crippen LogP contribution in [0.3, 0.4) is 0 Å². The van der Waals surface area contributed by atoms with E-state index < -0.39 is 5.72 Å². The lowest BCUT2D eigenvalue weighted by molar-refractivity contribution is 0.0457. The highest BCUT2D eigenvalue weighted by Crippen LogP contribution is 2.32. The highest BCUT2D eigenvalue weighted by atomic mass is 16.3. The Labute approximate surface area is 94.0 Å². The highest BCUT2D eigenvalue weighted by Gasteiger charge is 2.27. The molecule has 2 heteroatoms. The van der Waals surface area contributed by atoms with E-state index >= 15 is 0 Å². The fraction of sp³-hybridized carbons (Fsp3) is 0.143. The van der Waals surface area contributed by atoms with E-state index in [0.717, 1.165) is 16.5 Å². The molecule has 0 aromatic heterocycles. The summed E-state index contributed by atoms with van der Waals surface area (Å²) in [5, 5.41) is 12.4. The van der Waals surface area contributed by atoms with E-state index in [1.54, 1.807) is 0 Å². The molecule has 0 fully saturated rings. The second kappa shape index (κ2) is 3.17. The van der Waals surface area contributed by atoms with E-state index in [1.165, 1.54) is 5.39 Å². The maximum Gasteiger partial charge on any atom is 0.143 e. The minimum Gasteiger partial charge on any atom is -0.371 e. The predicted molar refractivity (Wildman–Crippen MR) is 65.7 cm³/mol. The van der Waals surface area contributed by atoms with Crippen molar-refractivity contribution in [3.8, 4) is 0 Å². The quantitative estimate of drug-likeness (QED) is 0.657. The number of hydrogen-bond donors (Lipinski definition) is 2. The third-order valence-corrected chi connectivity index (χ3v) is 3.11. The van der Waals surface area contributed by atoms with Crippen molar-refractivity contribution in [2.45, 2.75) is 12.1 Å². The molecular formula is C14H13NO. The second-order valence-electron chi connectivity index (χ2n) is 4.32. The maximum atomic E-state index is 10.1. The molecule has 80 valence electrons. The summed E-state index contributed by atoms with van der Waals surface area (Å²) < 4.78 is 0. The summed E-state index contributed by atoms with van der Waals surface area (Å²) in [6.45, 7) is 0. The van der Waals surface area contributed by atoms with Crippen LogP contribution in [-0.2, 0) is 5.72 Å². The third kappa shape index (κ3) is 1.35. The van der Waals surface area contributed by atoms with E-state index in [9.17, 15) is 5.11 Å². The molecule has 0 heterocycles. The number of benzene rings is 2. The number of nitrogens with two attached hydrogens (primary N) is 1. The Kier molecular flexibility index (Phi) is 1.90. The van der Waals surface area contributed by atoms with Gasteiger partial charge in [0.25, 0.3) is 0 Å². The van der Waals surface area contributed by atoms with Gasteiger partial charge in [0.05, 0.1) is 0 Å². The number of rotatable bonds is 0. The monoisotopic (exact) mass is 211 g/mol. The SMILES string of the molecule is NC1(O)CC=Cc2cc3ccccc3cc21. The van der Waals surface area contributed by atoms with Gasteiger partial charge in [-0.15, -0.1) is 0 Å². The number of fused-ring (bicyclic) bond motifs is 2. The minimum absolute atomic E-state index is 0.471. The van der Waals surface area contributed by atoms with Gasteiger partial charge in [0, 0.05) is 12.0 Å². The van der Waals surface area contributed by atoms with Gasteiger partial charge in [0.2, 0.25) is 0 Å². The summed E-state index contributed by atoms with van der Waals surface area (Å²) >= 11 is 0. The third-order valence-electron chi connectivity index (χ3n) is 3.11. The standard InChI is InChI=1S/C14H13NO/c15-14(16)7-3-6-12-8-10-4-1-2-5-11(10)9-13(12)14/h1-6,8-9,16H,7,15H2. The first kappa shape index (κ1) is 9.58. The Morgan fingerprint density at radius 3 is 2.56 bits per heavy atom. The first-order chi connectivity index (χ1) is 7.67. The summed E-state index contributed by atoms with van der Waals surface area (Å²) in [5.41, 5.74) is 6.48. The second-order valence-corrected chi connectivity index (χ2v) is 4.32. The molecule has 0 amide bonds. The van der Waals surface area contributed by atoms with Crippen molar-refractivity contribution in [2.75, 3.05) is 0 Å². The van der Waals surface area contributed by atoms with Crippen molar-refractivity contribution in [1.82, 2.24) is 0 Å². The van der Waals surface area contributed by atoms with Gasteiger partial charge >= 0.3 is 0 Å². The molecule has 1 unspecified atom stereocenters. The predicted octanol–water partition coefficient (Wildman–Crippen LogP) is 2.36. The van der Waals surface area contributed by atoms with E-state index in [1.807, 2.05) is 36.4 Å². The van der Waals surface area contributed by atoms with Crippen LogP contribution in [0.2, 0.25) is 0 Å². The van der Waals surface area contributed by atoms with Crippen molar-refractivity contribution < 1.29 is 5.11 Å². The molecule has 2 nitrogen and oxygen atoms in total. The molecule has 3 N–H and O–H groups in total. The number of aliphatic hydroxyl groups is 1. The van der Waals surface area contributed by atoms with Crippen LogP contribution in [0.25, 0.3) is 16.8 Å². The molecule has 1 aliphatic carbocycles. The van der Waals surface area contributed by atoms with Crippen LogP contribution >= 0.6 is 0 Å². The number of hydrogen-bond acceptors (Lipinski definition) is 2. The zero-order valence-electron chi connectivity index (χ0n) is 8.85. The lowest BCUT2D eigenvalue weighted by Gasteiger charge is -2.27. The average molecular weight is 211 g/mol. The molecule has 0 spiro atoms. The minimum atomic E-state index is -1.23.